The Morgan fingerprint density at radius 3 is 2.96 bits per heavy atom. The van der Waals surface area contributed by atoms with Crippen molar-refractivity contribution in [3.8, 4) is 0 Å². The Morgan fingerprint density at radius 2 is 2.12 bits per heavy atom. The van der Waals surface area contributed by atoms with Gasteiger partial charge in [0.05, 0.1) is 0 Å². The predicted molar refractivity (Wildman–Crippen MR) is 101 cm³/mol. The van der Waals surface area contributed by atoms with E-state index in [9.17, 15) is 9.59 Å². The molecule has 1 unspecified atom stereocenters. The standard InChI is InChI=1S/C21H21N3O2/c25-20-11-17(23-19-8-2-1-7-18(19)20)14-24-10-4-6-16(13-24)21(26)15-5-3-9-22-12-15/h1-3,5,7-9,11-12,16H,4,6,10,13-14H2,(H,23,25). The van der Waals surface area contributed by atoms with E-state index in [1.807, 2.05) is 30.3 Å². The molecule has 1 N–H and O–H groups in total. The van der Waals surface area contributed by atoms with E-state index >= 15 is 0 Å². The minimum atomic E-state index is -0.0138. The summed E-state index contributed by atoms with van der Waals surface area (Å²) in [5, 5.41) is 0.708. The van der Waals surface area contributed by atoms with Gasteiger partial charge in [-0.25, -0.2) is 0 Å². The summed E-state index contributed by atoms with van der Waals surface area (Å²) in [4.78, 5) is 34.7. The molecule has 0 spiro atoms. The lowest BCUT2D eigenvalue weighted by atomic mass is 9.90. The fourth-order valence-electron chi connectivity index (χ4n) is 3.74. The van der Waals surface area contributed by atoms with Crippen LogP contribution in [0.3, 0.4) is 0 Å². The second-order valence-electron chi connectivity index (χ2n) is 6.88. The van der Waals surface area contributed by atoms with Gasteiger partial charge in [0.25, 0.3) is 0 Å². The number of ketones is 1. The lowest BCUT2D eigenvalue weighted by molar-refractivity contribution is 0.0810. The molecule has 4 rings (SSSR count). The van der Waals surface area contributed by atoms with Crippen molar-refractivity contribution in [2.45, 2.75) is 19.4 Å². The molecule has 0 saturated carbocycles. The Labute approximate surface area is 151 Å². The predicted octanol–water partition coefficient (Wildman–Crippen LogP) is 3.02. The number of piperidine rings is 1. The SMILES string of the molecule is O=C(c1cccnc1)C1CCCN(Cc2cc(=O)c3ccccc3[nH]2)C1. The topological polar surface area (TPSA) is 66.1 Å². The van der Waals surface area contributed by atoms with Crippen LogP contribution in [-0.2, 0) is 6.54 Å². The number of likely N-dealkylation sites (tertiary alicyclic amines) is 1. The number of carbonyl (C=O) groups excluding carboxylic acids is 1. The third kappa shape index (κ3) is 3.44. The zero-order valence-electron chi connectivity index (χ0n) is 14.5. The van der Waals surface area contributed by atoms with Gasteiger partial charge < -0.3 is 4.98 Å². The second-order valence-corrected chi connectivity index (χ2v) is 6.88. The van der Waals surface area contributed by atoms with Crippen LogP contribution in [0.4, 0.5) is 0 Å². The molecular weight excluding hydrogens is 326 g/mol. The molecular formula is C21H21N3O2. The summed E-state index contributed by atoms with van der Waals surface area (Å²) in [6, 6.07) is 12.9. The fourth-order valence-corrected chi connectivity index (χ4v) is 3.74. The van der Waals surface area contributed by atoms with Crippen molar-refractivity contribution in [1.82, 2.24) is 14.9 Å². The number of carbonyl (C=O) groups is 1. The molecule has 0 radical (unpaired) electrons. The first-order chi connectivity index (χ1) is 12.7. The number of benzene rings is 1. The third-order valence-electron chi connectivity index (χ3n) is 5.01. The number of nitrogens with zero attached hydrogens (tertiary/aromatic N) is 2. The Morgan fingerprint density at radius 1 is 1.23 bits per heavy atom. The number of para-hydroxylation sites is 1. The number of pyridine rings is 2. The molecule has 3 aromatic rings. The largest absolute Gasteiger partial charge is 0.357 e. The minimum Gasteiger partial charge on any atom is -0.357 e. The van der Waals surface area contributed by atoms with Gasteiger partial charge in [-0.3, -0.25) is 19.5 Å². The number of hydrogen-bond donors (Lipinski definition) is 1. The zero-order chi connectivity index (χ0) is 17.9. The molecule has 1 fully saturated rings. The lowest BCUT2D eigenvalue weighted by Gasteiger charge is -2.31. The van der Waals surface area contributed by atoms with Gasteiger partial charge in [-0.1, -0.05) is 12.1 Å². The van der Waals surface area contributed by atoms with Crippen LogP contribution in [0, 0.1) is 5.92 Å². The van der Waals surface area contributed by atoms with Gasteiger partial charge >= 0.3 is 0 Å². The number of aromatic amines is 1. The Bertz CT molecular complexity index is 981. The molecule has 2 aromatic heterocycles. The Hall–Kier alpha value is -2.79. The highest BCUT2D eigenvalue weighted by Gasteiger charge is 2.26. The molecule has 1 aliphatic heterocycles. The van der Waals surface area contributed by atoms with Crippen molar-refractivity contribution >= 4 is 16.7 Å². The van der Waals surface area contributed by atoms with E-state index in [-0.39, 0.29) is 17.1 Å². The number of aromatic nitrogens is 2. The van der Waals surface area contributed by atoms with Crippen LogP contribution in [0.5, 0.6) is 0 Å². The van der Waals surface area contributed by atoms with Crippen LogP contribution >= 0.6 is 0 Å². The number of Topliss-reactive ketones (excluding diaryl/α,β-unsaturated/α-hetero) is 1. The molecule has 5 heteroatoms. The first kappa shape index (κ1) is 16.7. The van der Waals surface area contributed by atoms with Crippen LogP contribution in [0.25, 0.3) is 10.9 Å². The van der Waals surface area contributed by atoms with Gasteiger partial charge in [0.1, 0.15) is 0 Å². The molecule has 26 heavy (non-hydrogen) atoms. The van der Waals surface area contributed by atoms with E-state index in [0.29, 0.717) is 24.0 Å². The minimum absolute atomic E-state index is 0.0138. The number of rotatable bonds is 4. The van der Waals surface area contributed by atoms with Crippen LogP contribution in [-0.4, -0.2) is 33.7 Å². The van der Waals surface area contributed by atoms with Crippen molar-refractivity contribution in [3.63, 3.8) is 0 Å². The van der Waals surface area contributed by atoms with E-state index in [1.165, 1.54) is 0 Å². The van der Waals surface area contributed by atoms with Gasteiger partial charge in [-0.15, -0.1) is 0 Å². The molecule has 1 aromatic carbocycles. The van der Waals surface area contributed by atoms with E-state index in [1.54, 1.807) is 24.5 Å². The highest BCUT2D eigenvalue weighted by Crippen LogP contribution is 2.22. The average Bonchev–Trinajstić information content (AvgIpc) is 2.68. The van der Waals surface area contributed by atoms with Gasteiger partial charge in [-0.2, -0.15) is 0 Å². The maximum Gasteiger partial charge on any atom is 0.189 e. The van der Waals surface area contributed by atoms with Crippen LogP contribution in [0.2, 0.25) is 0 Å². The highest BCUT2D eigenvalue weighted by molar-refractivity contribution is 5.97. The van der Waals surface area contributed by atoms with E-state index in [2.05, 4.69) is 14.9 Å². The normalized spacial score (nSPS) is 18.1. The second kappa shape index (κ2) is 7.22. The molecule has 0 bridgehead atoms. The van der Waals surface area contributed by atoms with Crippen molar-refractivity contribution in [2.75, 3.05) is 13.1 Å². The van der Waals surface area contributed by atoms with Crippen LogP contribution < -0.4 is 5.43 Å². The Balaban J connectivity index is 1.50. The highest BCUT2D eigenvalue weighted by atomic mass is 16.1. The third-order valence-corrected chi connectivity index (χ3v) is 5.01. The fraction of sp³-hybridized carbons (Fsp3) is 0.286. The van der Waals surface area contributed by atoms with Crippen molar-refractivity contribution in [2.24, 2.45) is 5.92 Å². The first-order valence-corrected chi connectivity index (χ1v) is 8.98. The van der Waals surface area contributed by atoms with E-state index < -0.39 is 0 Å². The lowest BCUT2D eigenvalue weighted by Crippen LogP contribution is -2.38. The van der Waals surface area contributed by atoms with Crippen LogP contribution in [0.15, 0.2) is 59.7 Å². The summed E-state index contributed by atoms with van der Waals surface area (Å²) in [6.45, 7) is 2.30. The molecule has 1 aliphatic rings. The summed E-state index contributed by atoms with van der Waals surface area (Å²) in [5.41, 5.74) is 2.46. The van der Waals surface area contributed by atoms with Gasteiger partial charge in [0.15, 0.2) is 11.2 Å². The molecule has 3 heterocycles. The summed E-state index contributed by atoms with van der Waals surface area (Å²) >= 11 is 0. The van der Waals surface area contributed by atoms with Crippen molar-refractivity contribution < 1.29 is 4.79 Å². The smallest absolute Gasteiger partial charge is 0.189 e. The molecule has 0 aliphatic carbocycles. The number of nitrogens with one attached hydrogen (secondary N) is 1. The van der Waals surface area contributed by atoms with E-state index in [4.69, 9.17) is 0 Å². The molecule has 0 amide bonds. The number of H-pyrrole nitrogens is 1. The molecule has 1 saturated heterocycles. The molecule has 1 atom stereocenters. The van der Waals surface area contributed by atoms with Gasteiger partial charge in [-0.05, 0) is 43.7 Å². The number of fused-ring (bicyclic) bond motifs is 1. The first-order valence-electron chi connectivity index (χ1n) is 8.98. The summed E-state index contributed by atoms with van der Waals surface area (Å²) in [7, 11) is 0. The Kier molecular flexibility index (Phi) is 4.63. The monoisotopic (exact) mass is 347 g/mol. The summed E-state index contributed by atoms with van der Waals surface area (Å²) < 4.78 is 0. The molecule has 5 nitrogen and oxygen atoms in total. The van der Waals surface area contributed by atoms with Crippen LogP contribution in [0.1, 0.15) is 28.9 Å². The number of hydrogen-bond acceptors (Lipinski definition) is 4. The van der Waals surface area contributed by atoms with Gasteiger partial charge in [0.2, 0.25) is 0 Å². The average molecular weight is 347 g/mol. The van der Waals surface area contributed by atoms with Crippen molar-refractivity contribution in [1.29, 1.82) is 0 Å². The zero-order valence-corrected chi connectivity index (χ0v) is 14.5. The summed E-state index contributed by atoms with van der Waals surface area (Å²) in [6.07, 6.45) is 5.20. The maximum absolute atomic E-state index is 12.7. The quantitative estimate of drug-likeness (QED) is 0.737. The van der Waals surface area contributed by atoms with Gasteiger partial charge in [0, 0.05) is 59.6 Å². The molecule has 132 valence electrons. The van der Waals surface area contributed by atoms with Crippen molar-refractivity contribution in [3.05, 3.63) is 76.3 Å². The maximum atomic E-state index is 12.7. The van der Waals surface area contributed by atoms with E-state index in [0.717, 1.165) is 30.6 Å². The summed E-state index contributed by atoms with van der Waals surface area (Å²) in [5.74, 6) is 0.148.